The minimum absolute atomic E-state index is 0.117. The predicted octanol–water partition coefficient (Wildman–Crippen LogP) is 1.28. The van der Waals surface area contributed by atoms with E-state index in [-0.39, 0.29) is 11.9 Å². The highest BCUT2D eigenvalue weighted by atomic mass is 16.5. The van der Waals surface area contributed by atoms with E-state index in [0.29, 0.717) is 38.5 Å². The van der Waals surface area contributed by atoms with Crippen molar-refractivity contribution in [3.05, 3.63) is 24.3 Å². The van der Waals surface area contributed by atoms with Crippen molar-refractivity contribution in [2.45, 2.75) is 19.4 Å². The summed E-state index contributed by atoms with van der Waals surface area (Å²) in [6.45, 7) is 4.28. The van der Waals surface area contributed by atoms with Crippen LogP contribution < -0.4 is 10.5 Å². The molecule has 1 unspecified atom stereocenters. The molecule has 1 aliphatic heterocycles. The largest absolute Gasteiger partial charge is 0.493 e. The number of nitrogen functional groups attached to an aromatic ring is 1. The van der Waals surface area contributed by atoms with Gasteiger partial charge in [0.15, 0.2) is 0 Å². The van der Waals surface area contributed by atoms with Crippen molar-refractivity contribution in [3.63, 3.8) is 0 Å². The number of hydrogen-bond donors (Lipinski definition) is 1. The van der Waals surface area contributed by atoms with Gasteiger partial charge < -0.3 is 20.1 Å². The number of carbonyl (C=O) groups excluding carboxylic acids is 1. The Balaban J connectivity index is 1.75. The van der Waals surface area contributed by atoms with Crippen LogP contribution in [0.1, 0.15) is 13.3 Å². The van der Waals surface area contributed by atoms with Gasteiger partial charge in [0.2, 0.25) is 5.91 Å². The summed E-state index contributed by atoms with van der Waals surface area (Å²) in [5.41, 5.74) is 6.29. The van der Waals surface area contributed by atoms with Crippen LogP contribution in [0.5, 0.6) is 5.75 Å². The topological polar surface area (TPSA) is 64.8 Å². The molecular weight excluding hydrogens is 244 g/mol. The standard InChI is InChI=1S/C14H20N2O3/c1-11-10-18-9-7-16(11)14(17)6-8-19-13-4-2-12(15)3-5-13/h2-5,11H,6-10,15H2,1H3. The zero-order valence-electron chi connectivity index (χ0n) is 11.2. The predicted molar refractivity (Wildman–Crippen MR) is 73.0 cm³/mol. The van der Waals surface area contributed by atoms with E-state index >= 15 is 0 Å². The van der Waals surface area contributed by atoms with E-state index < -0.39 is 0 Å². The van der Waals surface area contributed by atoms with Crippen LogP contribution in [0.3, 0.4) is 0 Å². The van der Waals surface area contributed by atoms with Crippen LogP contribution >= 0.6 is 0 Å². The van der Waals surface area contributed by atoms with Gasteiger partial charge in [-0.15, -0.1) is 0 Å². The van der Waals surface area contributed by atoms with E-state index in [4.69, 9.17) is 15.2 Å². The molecule has 0 radical (unpaired) electrons. The number of carbonyl (C=O) groups is 1. The number of anilines is 1. The first-order valence-corrected chi connectivity index (χ1v) is 6.52. The quantitative estimate of drug-likeness (QED) is 0.832. The third-order valence-electron chi connectivity index (χ3n) is 3.15. The number of rotatable bonds is 4. The second-order valence-corrected chi connectivity index (χ2v) is 4.68. The molecule has 1 heterocycles. The molecule has 2 rings (SSSR count). The van der Waals surface area contributed by atoms with E-state index in [1.807, 2.05) is 11.8 Å². The van der Waals surface area contributed by atoms with Gasteiger partial charge in [0.05, 0.1) is 32.3 Å². The van der Waals surface area contributed by atoms with Gasteiger partial charge in [-0.2, -0.15) is 0 Å². The number of benzene rings is 1. The lowest BCUT2D eigenvalue weighted by atomic mass is 10.2. The molecule has 19 heavy (non-hydrogen) atoms. The number of ether oxygens (including phenoxy) is 2. The molecule has 5 heteroatoms. The molecule has 1 aromatic carbocycles. The van der Waals surface area contributed by atoms with Crippen molar-refractivity contribution in [1.82, 2.24) is 4.90 Å². The number of nitrogens with two attached hydrogens (primary N) is 1. The first-order chi connectivity index (χ1) is 9.16. The maximum Gasteiger partial charge on any atom is 0.226 e. The molecule has 0 aliphatic carbocycles. The third-order valence-corrected chi connectivity index (χ3v) is 3.15. The molecule has 1 fully saturated rings. The van der Waals surface area contributed by atoms with Crippen LogP contribution in [0.2, 0.25) is 0 Å². The average molecular weight is 264 g/mol. The van der Waals surface area contributed by atoms with Crippen molar-refractivity contribution in [3.8, 4) is 5.75 Å². The molecule has 1 saturated heterocycles. The summed E-state index contributed by atoms with van der Waals surface area (Å²) in [5.74, 6) is 0.850. The van der Waals surface area contributed by atoms with Crippen LogP contribution in [-0.2, 0) is 9.53 Å². The lowest BCUT2D eigenvalue weighted by Gasteiger charge is -2.33. The summed E-state index contributed by atoms with van der Waals surface area (Å²) in [6.07, 6.45) is 0.384. The van der Waals surface area contributed by atoms with Crippen molar-refractivity contribution >= 4 is 11.6 Å². The summed E-state index contributed by atoms with van der Waals surface area (Å²) >= 11 is 0. The Morgan fingerprint density at radius 3 is 2.89 bits per heavy atom. The molecule has 104 valence electrons. The molecule has 0 bridgehead atoms. The lowest BCUT2D eigenvalue weighted by molar-refractivity contribution is -0.139. The molecule has 1 aliphatic rings. The maximum atomic E-state index is 12.0. The SMILES string of the molecule is CC1COCCN1C(=O)CCOc1ccc(N)cc1. The second-order valence-electron chi connectivity index (χ2n) is 4.68. The zero-order valence-corrected chi connectivity index (χ0v) is 11.2. The van der Waals surface area contributed by atoms with Gasteiger partial charge in [-0.1, -0.05) is 0 Å². The molecule has 5 nitrogen and oxygen atoms in total. The van der Waals surface area contributed by atoms with E-state index in [0.717, 1.165) is 5.75 Å². The zero-order chi connectivity index (χ0) is 13.7. The Morgan fingerprint density at radius 2 is 2.21 bits per heavy atom. The normalized spacial score (nSPS) is 19.2. The van der Waals surface area contributed by atoms with Crippen LogP contribution in [-0.4, -0.2) is 43.2 Å². The molecule has 0 saturated carbocycles. The summed E-state index contributed by atoms with van der Waals surface area (Å²) in [4.78, 5) is 13.9. The van der Waals surface area contributed by atoms with Crippen LogP contribution in [0, 0.1) is 0 Å². The Kier molecular flexibility index (Phi) is 4.63. The second kappa shape index (κ2) is 6.43. The molecule has 1 amide bonds. The minimum Gasteiger partial charge on any atom is -0.493 e. The van der Waals surface area contributed by atoms with Crippen molar-refractivity contribution < 1.29 is 14.3 Å². The van der Waals surface area contributed by atoms with E-state index in [1.54, 1.807) is 24.3 Å². The summed E-state index contributed by atoms with van der Waals surface area (Å²) in [7, 11) is 0. The fraction of sp³-hybridized carbons (Fsp3) is 0.500. The lowest BCUT2D eigenvalue weighted by Crippen LogP contribution is -2.47. The molecule has 2 N–H and O–H groups in total. The first-order valence-electron chi connectivity index (χ1n) is 6.52. The van der Waals surface area contributed by atoms with Gasteiger partial charge in [-0.3, -0.25) is 4.79 Å². The van der Waals surface area contributed by atoms with Crippen molar-refractivity contribution in [1.29, 1.82) is 0 Å². The number of amides is 1. The smallest absolute Gasteiger partial charge is 0.226 e. The minimum atomic E-state index is 0.117. The molecule has 0 spiro atoms. The van der Waals surface area contributed by atoms with E-state index in [2.05, 4.69) is 0 Å². The van der Waals surface area contributed by atoms with Crippen molar-refractivity contribution in [2.24, 2.45) is 0 Å². The number of morpholine rings is 1. The molecular formula is C14H20N2O3. The summed E-state index contributed by atoms with van der Waals surface area (Å²) < 4.78 is 10.8. The Morgan fingerprint density at radius 1 is 1.47 bits per heavy atom. The highest BCUT2D eigenvalue weighted by molar-refractivity contribution is 5.76. The summed E-state index contributed by atoms with van der Waals surface area (Å²) in [6, 6.07) is 7.31. The van der Waals surface area contributed by atoms with Crippen LogP contribution in [0.15, 0.2) is 24.3 Å². The number of hydrogen-bond acceptors (Lipinski definition) is 4. The highest BCUT2D eigenvalue weighted by Crippen LogP contribution is 2.14. The maximum absolute atomic E-state index is 12.0. The van der Waals surface area contributed by atoms with Crippen LogP contribution in [0.4, 0.5) is 5.69 Å². The fourth-order valence-electron chi connectivity index (χ4n) is 2.06. The fourth-order valence-corrected chi connectivity index (χ4v) is 2.06. The van der Waals surface area contributed by atoms with Gasteiger partial charge in [-0.05, 0) is 31.2 Å². The Labute approximate surface area is 113 Å². The Hall–Kier alpha value is -1.75. The van der Waals surface area contributed by atoms with Gasteiger partial charge in [0.25, 0.3) is 0 Å². The summed E-state index contributed by atoms with van der Waals surface area (Å²) in [5, 5.41) is 0. The molecule has 1 aromatic rings. The monoisotopic (exact) mass is 264 g/mol. The van der Waals surface area contributed by atoms with Crippen molar-refractivity contribution in [2.75, 3.05) is 32.1 Å². The van der Waals surface area contributed by atoms with E-state index in [9.17, 15) is 4.79 Å². The van der Waals surface area contributed by atoms with Crippen LogP contribution in [0.25, 0.3) is 0 Å². The molecule has 1 atom stereocenters. The average Bonchev–Trinajstić information content (AvgIpc) is 2.41. The van der Waals surface area contributed by atoms with Gasteiger partial charge in [0.1, 0.15) is 5.75 Å². The number of nitrogens with zero attached hydrogens (tertiary/aromatic N) is 1. The Bertz CT molecular complexity index is 419. The van der Waals surface area contributed by atoms with Gasteiger partial charge >= 0.3 is 0 Å². The first kappa shape index (κ1) is 13.7. The third kappa shape index (κ3) is 3.86. The van der Waals surface area contributed by atoms with Gasteiger partial charge in [0, 0.05) is 12.2 Å². The molecule has 0 aromatic heterocycles. The van der Waals surface area contributed by atoms with Gasteiger partial charge in [-0.25, -0.2) is 0 Å². The van der Waals surface area contributed by atoms with E-state index in [1.165, 1.54) is 0 Å². The highest BCUT2D eigenvalue weighted by Gasteiger charge is 2.23.